The first kappa shape index (κ1) is 39.1. The van der Waals surface area contributed by atoms with Crippen molar-refractivity contribution in [3.8, 4) is 5.75 Å². The normalized spacial score (nSPS) is 24.2. The van der Waals surface area contributed by atoms with Gasteiger partial charge in [0.1, 0.15) is 5.75 Å². The Morgan fingerprint density at radius 1 is 1.00 bits per heavy atom. The third-order valence-corrected chi connectivity index (χ3v) is 13.8. The van der Waals surface area contributed by atoms with Gasteiger partial charge in [0, 0.05) is 24.4 Å². The Hall–Kier alpha value is -3.61. The van der Waals surface area contributed by atoms with Crippen molar-refractivity contribution in [1.29, 1.82) is 0 Å². The lowest BCUT2D eigenvalue weighted by molar-refractivity contribution is -0.138. The molecule has 0 spiro atoms. The molecule has 3 N–H and O–H groups in total. The number of aliphatic hydroxyl groups excluding tert-OH is 2. The lowest BCUT2D eigenvalue weighted by Gasteiger charge is -2.37. The Balaban J connectivity index is 1.17. The molecule has 6 atom stereocenters. The van der Waals surface area contributed by atoms with Crippen molar-refractivity contribution in [2.24, 2.45) is 5.92 Å². The molecule has 0 aromatic heterocycles. The lowest BCUT2D eigenvalue weighted by Crippen LogP contribution is -2.49. The number of nitrogens with zero attached hydrogens (tertiary/aromatic N) is 2. The fourth-order valence-corrected chi connectivity index (χ4v) is 11.3. The zero-order chi connectivity index (χ0) is 37.7. The van der Waals surface area contributed by atoms with Gasteiger partial charge in [-0.3, -0.25) is 14.5 Å². The van der Waals surface area contributed by atoms with Gasteiger partial charge < -0.3 is 34.0 Å². The van der Waals surface area contributed by atoms with Gasteiger partial charge in [0.2, 0.25) is 20.2 Å². The third-order valence-electron chi connectivity index (χ3n) is 11.4. The second kappa shape index (κ2) is 17.2. The largest absolute Gasteiger partial charge is 0.494 e. The number of ether oxygens (including phenoxy) is 2. The average molecular weight is 746 g/mol. The molecular formula is C42H56FN3O6Si. The number of aryl methyl sites for hydroxylation is 1. The van der Waals surface area contributed by atoms with Crippen LogP contribution in [0.15, 0.2) is 66.7 Å². The van der Waals surface area contributed by atoms with E-state index >= 15 is 4.11 Å². The maximum atomic E-state index is 16.0. The third kappa shape index (κ3) is 8.86. The van der Waals surface area contributed by atoms with Crippen molar-refractivity contribution in [2.75, 3.05) is 31.3 Å². The van der Waals surface area contributed by atoms with Crippen LogP contribution in [0.3, 0.4) is 0 Å². The summed E-state index contributed by atoms with van der Waals surface area (Å²) in [6.07, 6.45) is 3.27. The van der Waals surface area contributed by atoms with Gasteiger partial charge in [-0.25, -0.2) is 0 Å². The van der Waals surface area contributed by atoms with Crippen LogP contribution in [0.4, 0.5) is 15.5 Å². The molecule has 2 amide bonds. The molecule has 1 saturated heterocycles. The summed E-state index contributed by atoms with van der Waals surface area (Å²) in [5, 5.41) is 22.8. The van der Waals surface area contributed by atoms with E-state index in [0.717, 1.165) is 45.8 Å². The molecule has 0 radical (unpaired) electrons. The molecule has 3 aliphatic heterocycles. The van der Waals surface area contributed by atoms with Crippen LogP contribution < -0.4 is 15.0 Å². The van der Waals surface area contributed by atoms with E-state index in [1.165, 1.54) is 0 Å². The molecule has 3 aliphatic rings. The molecule has 286 valence electrons. The standard InChI is InChI=1S/C42H56FN3O6Si/c1-5-51-35-16-17-37-32(23-35)24-36(44-19-8-9-20-47)42(50)46(37)33-14-10-11-29(21-33)15-18-38-28(2)41(53(3,4)43)39(52-38)25-40(49)45-26-31-13-7-6-12-30(31)22-34(45)27-48/h6-7,10-14,16-17,21,23,28,34,36,38-39,41,44,47-48H,5,8-9,15,18-20,22,24-27H2,1-4H3/t28-,34+,36?,38+,39-,41+/m1/s1. The van der Waals surface area contributed by atoms with Crippen molar-refractivity contribution >= 4 is 31.6 Å². The SMILES string of the molecule is CCOc1ccc2c(c1)CC(NCCCCO)C(=O)N2c1cccc(CC[C@@H]2O[C@H](CC(=O)N3Cc4ccccc4C[C@H]3CO)[C@@H]([Si](C)(C)F)[C@@H]2C)c1. The predicted octanol–water partition coefficient (Wildman–Crippen LogP) is 6.25. The molecule has 3 heterocycles. The van der Waals surface area contributed by atoms with Gasteiger partial charge in [-0.15, -0.1) is 0 Å². The highest BCUT2D eigenvalue weighted by atomic mass is 28.4. The summed E-state index contributed by atoms with van der Waals surface area (Å²) in [5.74, 6) is 0.576. The van der Waals surface area contributed by atoms with Crippen LogP contribution in [-0.4, -0.2) is 86.0 Å². The van der Waals surface area contributed by atoms with E-state index in [1.54, 1.807) is 22.9 Å². The minimum atomic E-state index is -3.22. The monoisotopic (exact) mass is 745 g/mol. The van der Waals surface area contributed by atoms with Crippen LogP contribution in [0.25, 0.3) is 0 Å². The van der Waals surface area contributed by atoms with E-state index in [-0.39, 0.29) is 55.1 Å². The number of hydrogen-bond acceptors (Lipinski definition) is 7. The molecule has 3 aromatic carbocycles. The average Bonchev–Trinajstić information content (AvgIpc) is 3.46. The first-order valence-corrected chi connectivity index (χ1v) is 22.3. The molecule has 9 nitrogen and oxygen atoms in total. The van der Waals surface area contributed by atoms with Gasteiger partial charge in [0.15, 0.2) is 0 Å². The number of anilines is 2. The highest BCUT2D eigenvalue weighted by molar-refractivity contribution is 6.72. The van der Waals surface area contributed by atoms with Crippen molar-refractivity contribution in [3.05, 3.63) is 89.0 Å². The topological polar surface area (TPSA) is 112 Å². The Labute approximate surface area is 314 Å². The van der Waals surface area contributed by atoms with E-state index in [2.05, 4.69) is 24.4 Å². The van der Waals surface area contributed by atoms with Crippen molar-refractivity contribution in [2.45, 2.75) is 108 Å². The van der Waals surface area contributed by atoms with Crippen LogP contribution in [-0.2, 0) is 40.1 Å². The quantitative estimate of drug-likeness (QED) is 0.0959. The maximum Gasteiger partial charge on any atom is 0.249 e. The molecule has 3 aromatic rings. The number of fused-ring (bicyclic) bond motifs is 2. The van der Waals surface area contributed by atoms with Crippen molar-refractivity contribution < 1.29 is 33.4 Å². The van der Waals surface area contributed by atoms with Crippen molar-refractivity contribution in [3.63, 3.8) is 0 Å². The van der Waals surface area contributed by atoms with Gasteiger partial charge in [0.25, 0.3) is 0 Å². The smallest absolute Gasteiger partial charge is 0.249 e. The maximum absolute atomic E-state index is 16.0. The molecule has 0 saturated carbocycles. The van der Waals surface area contributed by atoms with E-state index in [0.29, 0.717) is 51.8 Å². The lowest BCUT2D eigenvalue weighted by atomic mass is 9.92. The number of halogens is 1. The number of carbonyl (C=O) groups is 2. The summed E-state index contributed by atoms with van der Waals surface area (Å²) in [6.45, 7) is 9.06. The highest BCUT2D eigenvalue weighted by Gasteiger charge is 2.52. The molecular weight excluding hydrogens is 690 g/mol. The van der Waals surface area contributed by atoms with Gasteiger partial charge in [-0.2, -0.15) is 0 Å². The Bertz CT molecular complexity index is 1730. The summed E-state index contributed by atoms with van der Waals surface area (Å²) in [6, 6.07) is 21.2. The number of amides is 2. The second-order valence-corrected chi connectivity index (χ2v) is 19.2. The molecule has 53 heavy (non-hydrogen) atoms. The Kier molecular flexibility index (Phi) is 12.7. The van der Waals surface area contributed by atoms with Crippen LogP contribution >= 0.6 is 0 Å². The number of nitrogens with one attached hydrogen (secondary N) is 1. The first-order valence-electron chi connectivity index (χ1n) is 19.4. The van der Waals surface area contributed by atoms with E-state index in [1.807, 2.05) is 61.5 Å². The summed E-state index contributed by atoms with van der Waals surface area (Å²) < 4.78 is 28.4. The van der Waals surface area contributed by atoms with Gasteiger partial charge in [-0.05, 0) is 124 Å². The molecule has 0 bridgehead atoms. The van der Waals surface area contributed by atoms with E-state index in [9.17, 15) is 19.8 Å². The fourth-order valence-electron chi connectivity index (χ4n) is 8.79. The number of aliphatic hydroxyl groups is 2. The fraction of sp³-hybridized carbons (Fsp3) is 0.524. The van der Waals surface area contributed by atoms with Crippen molar-refractivity contribution in [1.82, 2.24) is 10.2 Å². The number of carbonyl (C=O) groups excluding carboxylic acids is 2. The number of hydrogen-bond donors (Lipinski definition) is 3. The van der Waals surface area contributed by atoms with Crippen LogP contribution in [0.5, 0.6) is 5.75 Å². The molecule has 1 fully saturated rings. The Morgan fingerprint density at radius 3 is 2.53 bits per heavy atom. The van der Waals surface area contributed by atoms with E-state index < -0.39 is 20.6 Å². The minimum Gasteiger partial charge on any atom is -0.494 e. The number of unbranched alkanes of at least 4 members (excludes halogenated alkanes) is 1. The summed E-state index contributed by atoms with van der Waals surface area (Å²) in [5.41, 5.74) is 5.58. The molecule has 11 heteroatoms. The molecule has 0 aliphatic carbocycles. The number of benzene rings is 3. The molecule has 6 rings (SSSR count). The summed E-state index contributed by atoms with van der Waals surface area (Å²) in [4.78, 5) is 31.4. The van der Waals surface area contributed by atoms with Crippen LogP contribution in [0, 0.1) is 5.92 Å². The number of rotatable bonds is 15. The van der Waals surface area contributed by atoms with Gasteiger partial charge in [0.05, 0.1) is 49.6 Å². The molecule has 1 unspecified atom stereocenters. The summed E-state index contributed by atoms with van der Waals surface area (Å²) in [7, 11) is -3.22. The van der Waals surface area contributed by atoms with E-state index in [4.69, 9.17) is 9.47 Å². The first-order chi connectivity index (χ1) is 25.5. The van der Waals surface area contributed by atoms with Gasteiger partial charge in [-0.1, -0.05) is 43.3 Å². The highest BCUT2D eigenvalue weighted by Crippen LogP contribution is 2.47. The van der Waals surface area contributed by atoms with Gasteiger partial charge >= 0.3 is 0 Å². The minimum absolute atomic E-state index is 0.0262. The zero-order valence-corrected chi connectivity index (χ0v) is 32.6. The zero-order valence-electron chi connectivity index (χ0n) is 31.6. The van der Waals surface area contributed by atoms with Crippen LogP contribution in [0.2, 0.25) is 18.6 Å². The van der Waals surface area contributed by atoms with Crippen LogP contribution in [0.1, 0.15) is 61.8 Å². The second-order valence-electron chi connectivity index (χ2n) is 15.4. The summed E-state index contributed by atoms with van der Waals surface area (Å²) >= 11 is 0. The predicted molar refractivity (Wildman–Crippen MR) is 208 cm³/mol. The Morgan fingerprint density at radius 2 is 1.79 bits per heavy atom.